The zero-order valence-corrected chi connectivity index (χ0v) is 12.7. The first-order valence-corrected chi connectivity index (χ1v) is 7.89. The van der Waals surface area contributed by atoms with E-state index in [0.29, 0.717) is 6.54 Å². The summed E-state index contributed by atoms with van der Waals surface area (Å²) < 4.78 is 0. The van der Waals surface area contributed by atoms with Gasteiger partial charge in [-0.3, -0.25) is 0 Å². The van der Waals surface area contributed by atoms with Gasteiger partial charge in [0.15, 0.2) is 0 Å². The Morgan fingerprint density at radius 1 is 0.895 bits per heavy atom. The van der Waals surface area contributed by atoms with Crippen LogP contribution in [-0.4, -0.2) is 0 Å². The maximum Gasteiger partial charge on any atom is 0.0449 e. The first-order valence-electron chi connectivity index (χ1n) is 5.98. The van der Waals surface area contributed by atoms with Crippen molar-refractivity contribution in [3.05, 3.63) is 69.2 Å². The molecule has 2 aromatic rings. The Morgan fingerprint density at radius 3 is 2.21 bits per heavy atom. The zero-order valence-electron chi connectivity index (χ0n) is 10.4. The summed E-state index contributed by atoms with van der Waals surface area (Å²) in [6.45, 7) is 0.526. The summed E-state index contributed by atoms with van der Waals surface area (Å²) in [5.41, 5.74) is 9.07. The quantitative estimate of drug-likeness (QED) is 0.851. The van der Waals surface area contributed by atoms with E-state index in [9.17, 15) is 0 Å². The fourth-order valence-corrected chi connectivity index (χ4v) is 3.17. The summed E-state index contributed by atoms with van der Waals surface area (Å²) in [7, 11) is 0. The van der Waals surface area contributed by atoms with Crippen molar-refractivity contribution in [3.8, 4) is 0 Å². The molecule has 0 amide bonds. The highest BCUT2D eigenvalue weighted by molar-refractivity contribution is 7.97. The third kappa shape index (κ3) is 4.43. The van der Waals surface area contributed by atoms with Gasteiger partial charge in [0, 0.05) is 28.1 Å². The van der Waals surface area contributed by atoms with E-state index in [1.54, 1.807) is 0 Å². The highest BCUT2D eigenvalue weighted by Gasteiger charge is 2.02. The first kappa shape index (κ1) is 14.7. The van der Waals surface area contributed by atoms with E-state index in [0.717, 1.165) is 32.7 Å². The Hall–Kier alpha value is -0.670. The van der Waals surface area contributed by atoms with Crippen LogP contribution in [0.3, 0.4) is 0 Å². The predicted octanol–water partition coefficient (Wildman–Crippen LogP) is 4.89. The van der Waals surface area contributed by atoms with Gasteiger partial charge in [0.25, 0.3) is 0 Å². The molecular formula is C15H15Cl2NS. The van der Waals surface area contributed by atoms with Crippen LogP contribution in [0.15, 0.2) is 42.5 Å². The molecule has 0 spiro atoms. The summed E-state index contributed by atoms with van der Waals surface area (Å²) in [5, 5.41) is 1.57. The summed E-state index contributed by atoms with van der Waals surface area (Å²) in [4.78, 5) is 0. The van der Waals surface area contributed by atoms with Crippen molar-refractivity contribution in [2.24, 2.45) is 5.73 Å². The van der Waals surface area contributed by atoms with E-state index < -0.39 is 0 Å². The Morgan fingerprint density at radius 2 is 1.58 bits per heavy atom. The van der Waals surface area contributed by atoms with Crippen LogP contribution in [0.25, 0.3) is 0 Å². The van der Waals surface area contributed by atoms with E-state index in [-0.39, 0.29) is 0 Å². The fourth-order valence-electron chi connectivity index (χ4n) is 1.69. The average Bonchev–Trinajstić information content (AvgIpc) is 2.42. The molecule has 0 radical (unpaired) electrons. The Bertz CT molecular complexity index is 540. The number of thioether (sulfide) groups is 1. The largest absolute Gasteiger partial charge is 0.326 e. The van der Waals surface area contributed by atoms with E-state index in [2.05, 4.69) is 18.2 Å². The Kier molecular flexibility index (Phi) is 5.59. The fraction of sp³-hybridized carbons (Fsp3) is 0.200. The number of benzene rings is 2. The lowest BCUT2D eigenvalue weighted by atomic mass is 10.1. The van der Waals surface area contributed by atoms with E-state index in [1.165, 1.54) is 5.56 Å². The second kappa shape index (κ2) is 7.20. The molecule has 0 aliphatic carbocycles. The molecule has 100 valence electrons. The summed E-state index contributed by atoms with van der Waals surface area (Å²) in [6, 6.07) is 14.0. The number of rotatable bonds is 5. The number of halogens is 2. The van der Waals surface area contributed by atoms with Crippen molar-refractivity contribution >= 4 is 35.0 Å². The van der Waals surface area contributed by atoms with Gasteiger partial charge in [-0.25, -0.2) is 0 Å². The van der Waals surface area contributed by atoms with Crippen LogP contribution in [-0.2, 0) is 18.1 Å². The third-order valence-corrected chi connectivity index (χ3v) is 4.45. The van der Waals surface area contributed by atoms with E-state index in [1.807, 2.05) is 36.0 Å². The minimum absolute atomic E-state index is 0.526. The van der Waals surface area contributed by atoms with Gasteiger partial charge in [-0.1, -0.05) is 47.5 Å². The van der Waals surface area contributed by atoms with Crippen molar-refractivity contribution < 1.29 is 0 Å². The smallest absolute Gasteiger partial charge is 0.0449 e. The van der Waals surface area contributed by atoms with Gasteiger partial charge < -0.3 is 5.73 Å². The lowest BCUT2D eigenvalue weighted by molar-refractivity contribution is 1.07. The molecule has 0 aliphatic heterocycles. The van der Waals surface area contributed by atoms with Crippen LogP contribution in [0.1, 0.15) is 16.7 Å². The number of nitrogens with two attached hydrogens (primary N) is 1. The molecule has 0 bridgehead atoms. The topological polar surface area (TPSA) is 26.0 Å². The maximum absolute atomic E-state index is 6.22. The van der Waals surface area contributed by atoms with Gasteiger partial charge in [-0.15, -0.1) is 0 Å². The first-order chi connectivity index (χ1) is 9.19. The van der Waals surface area contributed by atoms with Crippen LogP contribution < -0.4 is 5.73 Å². The standard InChI is InChI=1S/C15H15Cl2NS/c16-14-5-2-11(3-6-14)9-19-10-13-4-1-12(8-18)7-15(13)17/h1-7H,8-10,18H2. The van der Waals surface area contributed by atoms with Crippen LogP contribution >= 0.6 is 35.0 Å². The maximum atomic E-state index is 6.22. The van der Waals surface area contributed by atoms with Gasteiger partial charge in [0.05, 0.1) is 0 Å². The number of hydrogen-bond donors (Lipinski definition) is 1. The second-order valence-corrected chi connectivity index (χ2v) is 6.08. The summed E-state index contributed by atoms with van der Waals surface area (Å²) >= 11 is 13.9. The van der Waals surface area contributed by atoms with Crippen LogP contribution in [0.4, 0.5) is 0 Å². The summed E-state index contributed by atoms with van der Waals surface area (Å²) in [5.74, 6) is 1.85. The average molecular weight is 312 g/mol. The summed E-state index contributed by atoms with van der Waals surface area (Å²) in [6.07, 6.45) is 0. The predicted molar refractivity (Wildman–Crippen MR) is 85.8 cm³/mol. The molecule has 0 fully saturated rings. The van der Waals surface area contributed by atoms with Gasteiger partial charge in [-0.05, 0) is 34.9 Å². The zero-order chi connectivity index (χ0) is 13.7. The van der Waals surface area contributed by atoms with Crippen LogP contribution in [0.2, 0.25) is 10.0 Å². The van der Waals surface area contributed by atoms with Gasteiger partial charge >= 0.3 is 0 Å². The van der Waals surface area contributed by atoms with Crippen LogP contribution in [0, 0.1) is 0 Å². The minimum atomic E-state index is 0.526. The molecule has 0 saturated carbocycles. The van der Waals surface area contributed by atoms with Gasteiger partial charge in [0.1, 0.15) is 0 Å². The second-order valence-electron chi connectivity index (χ2n) is 4.25. The molecule has 2 rings (SSSR count). The molecular weight excluding hydrogens is 297 g/mol. The lowest BCUT2D eigenvalue weighted by Crippen LogP contribution is -1.96. The molecule has 2 aromatic carbocycles. The molecule has 0 heterocycles. The highest BCUT2D eigenvalue weighted by Crippen LogP contribution is 2.25. The van der Waals surface area contributed by atoms with Crippen molar-refractivity contribution in [2.45, 2.75) is 18.1 Å². The molecule has 0 aromatic heterocycles. The molecule has 0 atom stereocenters. The normalized spacial score (nSPS) is 10.7. The van der Waals surface area contributed by atoms with E-state index in [4.69, 9.17) is 28.9 Å². The van der Waals surface area contributed by atoms with Gasteiger partial charge in [-0.2, -0.15) is 11.8 Å². The van der Waals surface area contributed by atoms with Crippen LogP contribution in [0.5, 0.6) is 0 Å². The SMILES string of the molecule is NCc1ccc(CSCc2ccc(Cl)cc2)c(Cl)c1. The number of hydrogen-bond acceptors (Lipinski definition) is 2. The molecule has 0 aliphatic rings. The third-order valence-electron chi connectivity index (χ3n) is 2.79. The highest BCUT2D eigenvalue weighted by atomic mass is 35.5. The molecule has 4 heteroatoms. The van der Waals surface area contributed by atoms with Crippen molar-refractivity contribution in [3.63, 3.8) is 0 Å². The molecule has 0 unspecified atom stereocenters. The van der Waals surface area contributed by atoms with Crippen molar-refractivity contribution in [1.29, 1.82) is 0 Å². The molecule has 19 heavy (non-hydrogen) atoms. The monoisotopic (exact) mass is 311 g/mol. The van der Waals surface area contributed by atoms with Crippen molar-refractivity contribution in [2.75, 3.05) is 0 Å². The Balaban J connectivity index is 1.90. The molecule has 2 N–H and O–H groups in total. The van der Waals surface area contributed by atoms with Gasteiger partial charge in [0.2, 0.25) is 0 Å². The molecule has 1 nitrogen and oxygen atoms in total. The van der Waals surface area contributed by atoms with E-state index >= 15 is 0 Å². The molecule has 0 saturated heterocycles. The van der Waals surface area contributed by atoms with Crippen molar-refractivity contribution in [1.82, 2.24) is 0 Å². The Labute approximate surface area is 128 Å². The minimum Gasteiger partial charge on any atom is -0.326 e. The lowest BCUT2D eigenvalue weighted by Gasteiger charge is -2.06.